The molecule has 0 atom stereocenters. The van der Waals surface area contributed by atoms with Gasteiger partial charge >= 0.3 is 0 Å². The maximum atomic E-state index is 12.6. The van der Waals surface area contributed by atoms with Gasteiger partial charge in [0.05, 0.1) is 5.75 Å². The van der Waals surface area contributed by atoms with E-state index in [9.17, 15) is 13.2 Å². The number of hydrogen-bond acceptors (Lipinski definition) is 4. The van der Waals surface area contributed by atoms with Crippen molar-refractivity contribution >= 4 is 33.2 Å². The molecule has 28 heavy (non-hydrogen) atoms. The Balaban J connectivity index is 1.66. The van der Waals surface area contributed by atoms with E-state index in [-0.39, 0.29) is 11.7 Å². The summed E-state index contributed by atoms with van der Waals surface area (Å²) in [6, 6.07) is 12.0. The lowest BCUT2D eigenvalue weighted by Gasteiger charge is -2.31. The Bertz CT molecular complexity index is 953. The van der Waals surface area contributed by atoms with E-state index in [0.29, 0.717) is 34.9 Å². The van der Waals surface area contributed by atoms with Crippen LogP contribution in [0.25, 0.3) is 0 Å². The molecule has 1 fully saturated rings. The van der Waals surface area contributed by atoms with Crippen molar-refractivity contribution in [2.75, 3.05) is 38.5 Å². The lowest BCUT2D eigenvalue weighted by atomic mass is 10.1. The summed E-state index contributed by atoms with van der Waals surface area (Å²) < 4.78 is 26.8. The highest BCUT2D eigenvalue weighted by atomic mass is 35.5. The number of rotatable bonds is 5. The van der Waals surface area contributed by atoms with Crippen LogP contribution in [0.15, 0.2) is 42.5 Å². The molecular formula is C20H24ClN3O3S. The lowest BCUT2D eigenvalue weighted by Crippen LogP contribution is -2.47. The number of halogens is 1. The zero-order chi connectivity index (χ0) is 20.3. The van der Waals surface area contributed by atoms with E-state index in [2.05, 4.69) is 10.2 Å². The van der Waals surface area contributed by atoms with Gasteiger partial charge in [-0.05, 0) is 49.4 Å². The second-order valence-electron chi connectivity index (χ2n) is 7.02. The minimum absolute atomic E-state index is 0.0635. The monoisotopic (exact) mass is 421 g/mol. The van der Waals surface area contributed by atoms with Gasteiger partial charge in [0.25, 0.3) is 5.91 Å². The summed E-state index contributed by atoms with van der Waals surface area (Å²) in [6.45, 7) is 4.34. The minimum Gasteiger partial charge on any atom is -0.322 e. The van der Waals surface area contributed by atoms with Gasteiger partial charge in [-0.25, -0.2) is 8.42 Å². The number of nitrogens with zero attached hydrogens (tertiary/aromatic N) is 2. The van der Waals surface area contributed by atoms with E-state index in [1.165, 1.54) is 4.31 Å². The number of amides is 1. The number of anilines is 1. The molecule has 1 saturated heterocycles. The molecule has 2 aromatic rings. The topological polar surface area (TPSA) is 69.7 Å². The third-order valence-electron chi connectivity index (χ3n) is 4.94. The Labute approximate surface area is 171 Å². The second-order valence-corrected chi connectivity index (χ2v) is 9.40. The van der Waals surface area contributed by atoms with Gasteiger partial charge in [-0.3, -0.25) is 4.79 Å². The highest BCUT2D eigenvalue weighted by Crippen LogP contribution is 2.23. The van der Waals surface area contributed by atoms with Crippen molar-refractivity contribution in [1.82, 2.24) is 9.21 Å². The molecule has 1 N–H and O–H groups in total. The van der Waals surface area contributed by atoms with Crippen molar-refractivity contribution in [2.24, 2.45) is 0 Å². The van der Waals surface area contributed by atoms with E-state index < -0.39 is 10.0 Å². The molecule has 0 aromatic heterocycles. The fourth-order valence-electron chi connectivity index (χ4n) is 3.06. The molecule has 0 aliphatic carbocycles. The molecule has 150 valence electrons. The standard InChI is InChI=1S/C20H24ClN3O3S/c1-15-18(21)4-3-5-19(15)22-20(25)17-8-6-16(7-9-17)14-28(26,27)24-12-10-23(2)11-13-24/h3-9H,10-14H2,1-2H3,(H,22,25). The lowest BCUT2D eigenvalue weighted by molar-refractivity contribution is 0.102. The number of hydrogen-bond donors (Lipinski definition) is 1. The molecule has 8 heteroatoms. The smallest absolute Gasteiger partial charge is 0.255 e. The van der Waals surface area contributed by atoms with E-state index in [4.69, 9.17) is 11.6 Å². The minimum atomic E-state index is -3.36. The summed E-state index contributed by atoms with van der Waals surface area (Å²) in [4.78, 5) is 14.6. The van der Waals surface area contributed by atoms with Crippen LogP contribution in [0.2, 0.25) is 5.02 Å². The number of carbonyl (C=O) groups excluding carboxylic acids is 1. The average molecular weight is 422 g/mol. The van der Waals surface area contributed by atoms with Crippen LogP contribution in [0.4, 0.5) is 5.69 Å². The van der Waals surface area contributed by atoms with Gasteiger partial charge in [-0.1, -0.05) is 29.8 Å². The molecule has 2 aromatic carbocycles. The van der Waals surface area contributed by atoms with Crippen LogP contribution in [0, 0.1) is 6.92 Å². The first-order chi connectivity index (χ1) is 13.3. The predicted octanol–water partition coefficient (Wildman–Crippen LogP) is 2.98. The SMILES string of the molecule is Cc1c(Cl)cccc1NC(=O)c1ccc(CS(=O)(=O)N2CCN(C)CC2)cc1. The fraction of sp³-hybridized carbons (Fsp3) is 0.350. The quantitative estimate of drug-likeness (QED) is 0.805. The maximum absolute atomic E-state index is 12.6. The fourth-order valence-corrected chi connectivity index (χ4v) is 4.75. The molecule has 1 aliphatic heterocycles. The summed E-state index contributed by atoms with van der Waals surface area (Å²) >= 11 is 6.08. The maximum Gasteiger partial charge on any atom is 0.255 e. The normalized spacial score (nSPS) is 16.1. The number of nitrogens with one attached hydrogen (secondary N) is 1. The van der Waals surface area contributed by atoms with Crippen LogP contribution in [0.5, 0.6) is 0 Å². The molecule has 1 heterocycles. The summed E-state index contributed by atoms with van der Waals surface area (Å²) in [5.74, 6) is -0.328. The molecule has 1 aliphatic rings. The number of piperazine rings is 1. The number of sulfonamides is 1. The summed E-state index contributed by atoms with van der Waals surface area (Å²) in [5.41, 5.74) is 2.57. The van der Waals surface area contributed by atoms with Gasteiger partial charge in [0.15, 0.2) is 0 Å². The highest BCUT2D eigenvalue weighted by molar-refractivity contribution is 7.88. The number of benzene rings is 2. The van der Waals surface area contributed by atoms with Crippen molar-refractivity contribution in [3.8, 4) is 0 Å². The van der Waals surface area contributed by atoms with Gasteiger partial charge in [0, 0.05) is 42.5 Å². The van der Waals surface area contributed by atoms with Crippen molar-refractivity contribution in [1.29, 1.82) is 0 Å². The van der Waals surface area contributed by atoms with Gasteiger partial charge in [0.1, 0.15) is 0 Å². The molecule has 0 spiro atoms. The Kier molecular flexibility index (Phi) is 6.40. The molecule has 3 rings (SSSR count). The average Bonchev–Trinajstić information content (AvgIpc) is 2.66. The molecule has 0 unspecified atom stereocenters. The molecule has 0 bridgehead atoms. The third-order valence-corrected chi connectivity index (χ3v) is 7.20. The van der Waals surface area contributed by atoms with Crippen molar-refractivity contribution in [3.63, 3.8) is 0 Å². The van der Waals surface area contributed by atoms with Crippen molar-refractivity contribution < 1.29 is 13.2 Å². The second kappa shape index (κ2) is 8.61. The van der Waals surface area contributed by atoms with E-state index in [0.717, 1.165) is 18.7 Å². The predicted molar refractivity (Wildman–Crippen MR) is 112 cm³/mol. The van der Waals surface area contributed by atoms with Crippen molar-refractivity contribution in [3.05, 3.63) is 64.2 Å². The third kappa shape index (κ3) is 4.91. The van der Waals surface area contributed by atoms with Gasteiger partial charge in [0.2, 0.25) is 10.0 Å². The first kappa shape index (κ1) is 20.8. The van der Waals surface area contributed by atoms with Crippen LogP contribution >= 0.6 is 11.6 Å². The Morgan fingerprint density at radius 1 is 1.07 bits per heavy atom. The molecule has 0 saturated carbocycles. The zero-order valence-electron chi connectivity index (χ0n) is 16.0. The molecule has 0 radical (unpaired) electrons. The first-order valence-electron chi connectivity index (χ1n) is 9.08. The van der Waals surface area contributed by atoms with E-state index in [1.54, 1.807) is 42.5 Å². The Hall–Kier alpha value is -1.93. The number of likely N-dealkylation sites (N-methyl/N-ethyl adjacent to an activating group) is 1. The Morgan fingerprint density at radius 2 is 1.71 bits per heavy atom. The van der Waals surface area contributed by atoms with Crippen LogP contribution < -0.4 is 5.32 Å². The van der Waals surface area contributed by atoms with Crippen molar-refractivity contribution in [2.45, 2.75) is 12.7 Å². The summed E-state index contributed by atoms with van der Waals surface area (Å²) in [6.07, 6.45) is 0. The summed E-state index contributed by atoms with van der Waals surface area (Å²) in [7, 11) is -1.38. The van der Waals surface area contributed by atoms with Crippen LogP contribution in [0.3, 0.4) is 0 Å². The van der Waals surface area contributed by atoms with Crippen LogP contribution in [-0.4, -0.2) is 56.8 Å². The first-order valence-corrected chi connectivity index (χ1v) is 11.1. The van der Waals surface area contributed by atoms with Gasteiger partial charge in [-0.2, -0.15) is 4.31 Å². The van der Waals surface area contributed by atoms with Gasteiger partial charge in [-0.15, -0.1) is 0 Å². The zero-order valence-corrected chi connectivity index (χ0v) is 17.6. The van der Waals surface area contributed by atoms with Gasteiger partial charge < -0.3 is 10.2 Å². The highest BCUT2D eigenvalue weighted by Gasteiger charge is 2.25. The van der Waals surface area contributed by atoms with E-state index in [1.807, 2.05) is 14.0 Å². The largest absolute Gasteiger partial charge is 0.322 e. The van der Waals surface area contributed by atoms with Crippen LogP contribution in [0.1, 0.15) is 21.5 Å². The Morgan fingerprint density at radius 3 is 2.36 bits per heavy atom. The molecule has 6 nitrogen and oxygen atoms in total. The van der Waals surface area contributed by atoms with E-state index >= 15 is 0 Å². The molecular weight excluding hydrogens is 398 g/mol. The summed E-state index contributed by atoms with van der Waals surface area (Å²) in [5, 5.41) is 3.42. The number of carbonyl (C=O) groups is 1. The molecule has 1 amide bonds. The van der Waals surface area contributed by atoms with Crippen LogP contribution in [-0.2, 0) is 15.8 Å².